The number of ether oxygens (including phenoxy) is 3. The van der Waals surface area contributed by atoms with Gasteiger partial charge in [-0.25, -0.2) is 4.79 Å². The Hall–Kier alpha value is -0.650. The molecule has 2 aliphatic rings. The van der Waals surface area contributed by atoms with E-state index in [-0.39, 0.29) is 0 Å². The highest BCUT2D eigenvalue weighted by atomic mass is 16.8. The minimum absolute atomic E-state index is 0.418. The molecule has 16 heavy (non-hydrogen) atoms. The monoisotopic (exact) mass is 230 g/mol. The minimum Gasteiger partial charge on any atom is -0.467 e. The van der Waals surface area contributed by atoms with Crippen LogP contribution in [-0.2, 0) is 19.0 Å². The standard InChI is InChI=1S/C11H18O5/c1-10(2)15-8-6-4-5-7(12)11(8,16-10)9(13)14-3/h7-8,12H,4-6H2,1-3H3/t7-,8-,11+/m1/s1. The van der Waals surface area contributed by atoms with Crippen LogP contribution >= 0.6 is 0 Å². The molecule has 0 bridgehead atoms. The molecule has 0 aromatic carbocycles. The minimum atomic E-state index is -1.34. The van der Waals surface area contributed by atoms with Crippen LogP contribution in [0.5, 0.6) is 0 Å². The summed E-state index contributed by atoms with van der Waals surface area (Å²) >= 11 is 0. The van der Waals surface area contributed by atoms with Gasteiger partial charge in [0.2, 0.25) is 5.60 Å². The maximum atomic E-state index is 11.9. The molecule has 92 valence electrons. The summed E-state index contributed by atoms with van der Waals surface area (Å²) in [4.78, 5) is 11.9. The van der Waals surface area contributed by atoms with Crippen LogP contribution in [-0.4, -0.2) is 41.8 Å². The fourth-order valence-corrected chi connectivity index (χ4v) is 2.66. The highest BCUT2D eigenvalue weighted by Gasteiger charge is 2.64. The first-order valence-corrected chi connectivity index (χ1v) is 5.57. The quantitative estimate of drug-likeness (QED) is 0.668. The van der Waals surface area contributed by atoms with E-state index in [1.165, 1.54) is 7.11 Å². The Morgan fingerprint density at radius 2 is 2.12 bits per heavy atom. The number of aliphatic hydroxyl groups excluding tert-OH is 1. The van der Waals surface area contributed by atoms with Gasteiger partial charge < -0.3 is 19.3 Å². The second-order valence-electron chi connectivity index (χ2n) is 4.84. The third kappa shape index (κ3) is 1.54. The molecule has 0 unspecified atom stereocenters. The number of hydrogen-bond donors (Lipinski definition) is 1. The topological polar surface area (TPSA) is 65.0 Å². The highest BCUT2D eigenvalue weighted by Crippen LogP contribution is 2.45. The number of aliphatic hydroxyl groups is 1. The lowest BCUT2D eigenvalue weighted by Gasteiger charge is -2.37. The zero-order valence-corrected chi connectivity index (χ0v) is 9.86. The van der Waals surface area contributed by atoms with Crippen molar-refractivity contribution in [2.24, 2.45) is 0 Å². The summed E-state index contributed by atoms with van der Waals surface area (Å²) in [5, 5.41) is 10.1. The highest BCUT2D eigenvalue weighted by molar-refractivity contribution is 5.82. The fourth-order valence-electron chi connectivity index (χ4n) is 2.66. The molecule has 3 atom stereocenters. The van der Waals surface area contributed by atoms with Gasteiger partial charge in [-0.2, -0.15) is 0 Å². The average Bonchev–Trinajstić information content (AvgIpc) is 2.50. The summed E-state index contributed by atoms with van der Waals surface area (Å²) < 4.78 is 16.1. The smallest absolute Gasteiger partial charge is 0.343 e. The number of esters is 1. The first-order valence-electron chi connectivity index (χ1n) is 5.57. The van der Waals surface area contributed by atoms with Crippen molar-refractivity contribution in [1.82, 2.24) is 0 Å². The Balaban J connectivity index is 2.37. The van der Waals surface area contributed by atoms with Crippen molar-refractivity contribution in [1.29, 1.82) is 0 Å². The average molecular weight is 230 g/mol. The maximum Gasteiger partial charge on any atom is 0.343 e. The number of methoxy groups -OCH3 is 1. The molecule has 1 saturated heterocycles. The first kappa shape index (κ1) is 11.8. The summed E-state index contributed by atoms with van der Waals surface area (Å²) in [6.45, 7) is 3.48. The molecule has 2 rings (SSSR count). The van der Waals surface area contributed by atoms with Gasteiger partial charge in [-0.1, -0.05) is 0 Å². The summed E-state index contributed by atoms with van der Waals surface area (Å²) in [7, 11) is 1.30. The molecule has 0 radical (unpaired) electrons. The van der Waals surface area contributed by atoms with E-state index in [1.54, 1.807) is 13.8 Å². The zero-order valence-electron chi connectivity index (χ0n) is 9.86. The molecule has 5 nitrogen and oxygen atoms in total. The Morgan fingerprint density at radius 1 is 1.44 bits per heavy atom. The van der Waals surface area contributed by atoms with E-state index in [0.717, 1.165) is 6.42 Å². The number of rotatable bonds is 1. The number of fused-ring (bicyclic) bond motifs is 1. The van der Waals surface area contributed by atoms with E-state index in [4.69, 9.17) is 14.2 Å². The van der Waals surface area contributed by atoms with E-state index in [0.29, 0.717) is 12.8 Å². The molecular formula is C11H18O5. The predicted octanol–water partition coefficient (Wildman–Crippen LogP) is 0.594. The third-order valence-corrected chi connectivity index (χ3v) is 3.26. The van der Waals surface area contributed by atoms with Crippen molar-refractivity contribution in [3.63, 3.8) is 0 Å². The molecule has 2 fully saturated rings. The van der Waals surface area contributed by atoms with E-state index in [2.05, 4.69) is 0 Å². The molecular weight excluding hydrogens is 212 g/mol. The van der Waals surface area contributed by atoms with Crippen LogP contribution in [0.25, 0.3) is 0 Å². The van der Waals surface area contributed by atoms with Gasteiger partial charge in [0.25, 0.3) is 0 Å². The predicted molar refractivity (Wildman–Crippen MR) is 54.6 cm³/mol. The lowest BCUT2D eigenvalue weighted by Crippen LogP contribution is -2.59. The van der Waals surface area contributed by atoms with Crippen LogP contribution in [0.3, 0.4) is 0 Å². The van der Waals surface area contributed by atoms with Gasteiger partial charge in [-0.3, -0.25) is 0 Å². The lowest BCUT2D eigenvalue weighted by molar-refractivity contribution is -0.206. The molecule has 5 heteroatoms. The van der Waals surface area contributed by atoms with E-state index in [1.807, 2.05) is 0 Å². The van der Waals surface area contributed by atoms with Crippen molar-refractivity contribution in [3.8, 4) is 0 Å². The Bertz CT molecular complexity index is 301. The normalized spacial score (nSPS) is 41.5. The molecule has 1 aliphatic carbocycles. The van der Waals surface area contributed by atoms with Crippen molar-refractivity contribution in [2.75, 3.05) is 7.11 Å². The largest absolute Gasteiger partial charge is 0.467 e. The van der Waals surface area contributed by atoms with Gasteiger partial charge in [-0.15, -0.1) is 0 Å². The van der Waals surface area contributed by atoms with Gasteiger partial charge in [0.1, 0.15) is 6.10 Å². The van der Waals surface area contributed by atoms with Gasteiger partial charge in [0, 0.05) is 0 Å². The molecule has 1 saturated carbocycles. The molecule has 1 heterocycles. The third-order valence-electron chi connectivity index (χ3n) is 3.26. The number of hydrogen-bond acceptors (Lipinski definition) is 5. The van der Waals surface area contributed by atoms with E-state index < -0.39 is 29.6 Å². The summed E-state index contributed by atoms with van der Waals surface area (Å²) in [6, 6.07) is 0. The van der Waals surface area contributed by atoms with E-state index >= 15 is 0 Å². The zero-order chi connectivity index (χ0) is 12.0. The maximum absolute atomic E-state index is 11.9. The Kier molecular flexibility index (Phi) is 2.72. The summed E-state index contributed by atoms with van der Waals surface area (Å²) in [5.74, 6) is -1.40. The van der Waals surface area contributed by atoms with Gasteiger partial charge in [-0.05, 0) is 33.1 Å². The lowest BCUT2D eigenvalue weighted by atomic mass is 9.80. The van der Waals surface area contributed by atoms with Crippen molar-refractivity contribution >= 4 is 5.97 Å². The second-order valence-corrected chi connectivity index (χ2v) is 4.84. The van der Waals surface area contributed by atoms with Crippen LogP contribution in [0.4, 0.5) is 0 Å². The van der Waals surface area contributed by atoms with Crippen molar-refractivity contribution < 1.29 is 24.1 Å². The second kappa shape index (κ2) is 3.68. The SMILES string of the molecule is COC(=O)[C@@]12OC(C)(C)O[C@@H]1CCC[C@H]2O. The molecule has 0 aromatic rings. The summed E-state index contributed by atoms with van der Waals surface area (Å²) in [6.07, 6.45) is 0.782. The van der Waals surface area contributed by atoms with E-state index in [9.17, 15) is 9.90 Å². The van der Waals surface area contributed by atoms with Crippen LogP contribution in [0.15, 0.2) is 0 Å². The van der Waals surface area contributed by atoms with Crippen LogP contribution < -0.4 is 0 Å². The van der Waals surface area contributed by atoms with Crippen molar-refractivity contribution in [3.05, 3.63) is 0 Å². The molecule has 0 aromatic heterocycles. The van der Waals surface area contributed by atoms with Gasteiger partial charge >= 0.3 is 5.97 Å². The number of carbonyl (C=O) groups excluding carboxylic acids is 1. The van der Waals surface area contributed by atoms with Crippen LogP contribution in [0.1, 0.15) is 33.1 Å². The molecule has 0 spiro atoms. The van der Waals surface area contributed by atoms with Gasteiger partial charge in [0.05, 0.1) is 13.2 Å². The van der Waals surface area contributed by atoms with Crippen molar-refractivity contribution in [2.45, 2.75) is 56.7 Å². The Labute approximate surface area is 94.7 Å². The first-order chi connectivity index (χ1) is 7.42. The van der Waals surface area contributed by atoms with Crippen LogP contribution in [0, 0.1) is 0 Å². The molecule has 1 aliphatic heterocycles. The molecule has 1 N–H and O–H groups in total. The molecule has 0 amide bonds. The van der Waals surface area contributed by atoms with Gasteiger partial charge in [0.15, 0.2) is 5.79 Å². The number of carbonyl (C=O) groups is 1. The summed E-state index contributed by atoms with van der Waals surface area (Å²) in [5.41, 5.74) is -1.34. The van der Waals surface area contributed by atoms with Crippen LogP contribution in [0.2, 0.25) is 0 Å². The fraction of sp³-hybridized carbons (Fsp3) is 0.909. The Morgan fingerprint density at radius 3 is 2.75 bits per heavy atom.